The van der Waals surface area contributed by atoms with Gasteiger partial charge in [-0.05, 0) is 47.4 Å². The van der Waals surface area contributed by atoms with E-state index in [1.807, 2.05) is 24.3 Å². The van der Waals surface area contributed by atoms with Gasteiger partial charge < -0.3 is 0 Å². The molecule has 0 unspecified atom stereocenters. The third-order valence-corrected chi connectivity index (χ3v) is 4.34. The Morgan fingerprint density at radius 2 is 1.67 bits per heavy atom. The number of ketones is 1. The van der Waals surface area contributed by atoms with Gasteiger partial charge in [0.1, 0.15) is 0 Å². The van der Waals surface area contributed by atoms with Crippen molar-refractivity contribution >= 4 is 5.78 Å². The summed E-state index contributed by atoms with van der Waals surface area (Å²) in [7, 11) is 0. The molecule has 2 aromatic rings. The van der Waals surface area contributed by atoms with Crippen molar-refractivity contribution in [2.24, 2.45) is 0 Å². The van der Waals surface area contributed by atoms with Crippen LogP contribution in [0.5, 0.6) is 0 Å². The molecule has 0 bridgehead atoms. The first-order valence-electron chi connectivity index (χ1n) is 7.73. The van der Waals surface area contributed by atoms with Gasteiger partial charge in [-0.1, -0.05) is 57.2 Å². The average molecular weight is 278 g/mol. The lowest BCUT2D eigenvalue weighted by atomic mass is 9.81. The second kappa shape index (κ2) is 5.14. The molecule has 1 aliphatic rings. The van der Waals surface area contributed by atoms with Gasteiger partial charge in [-0.3, -0.25) is 4.79 Å². The van der Waals surface area contributed by atoms with E-state index in [-0.39, 0.29) is 11.2 Å². The van der Waals surface area contributed by atoms with Crippen molar-refractivity contribution in [2.45, 2.75) is 45.4 Å². The van der Waals surface area contributed by atoms with Crippen LogP contribution in [0.25, 0.3) is 0 Å². The van der Waals surface area contributed by atoms with Gasteiger partial charge in [-0.2, -0.15) is 0 Å². The first kappa shape index (κ1) is 14.1. The molecule has 0 N–H and O–H groups in total. The van der Waals surface area contributed by atoms with E-state index in [1.54, 1.807) is 0 Å². The monoisotopic (exact) mass is 278 g/mol. The average Bonchev–Trinajstić information content (AvgIpc) is 2.93. The lowest BCUT2D eigenvalue weighted by molar-refractivity contribution is 0.103. The van der Waals surface area contributed by atoms with Crippen LogP contribution in [0.15, 0.2) is 42.5 Å². The molecule has 0 aliphatic heterocycles. The molecule has 1 heteroatoms. The fourth-order valence-corrected chi connectivity index (χ4v) is 3.20. The fourth-order valence-electron chi connectivity index (χ4n) is 3.20. The molecule has 0 fully saturated rings. The van der Waals surface area contributed by atoms with Crippen LogP contribution in [0.2, 0.25) is 0 Å². The van der Waals surface area contributed by atoms with Gasteiger partial charge in [0.15, 0.2) is 5.78 Å². The lowest BCUT2D eigenvalue weighted by Crippen LogP contribution is -2.17. The minimum Gasteiger partial charge on any atom is -0.289 e. The molecule has 0 heterocycles. The summed E-state index contributed by atoms with van der Waals surface area (Å²) in [5, 5.41) is 0. The number of carbonyl (C=O) groups excluding carboxylic acids is 1. The fraction of sp³-hybridized carbons (Fsp3) is 0.350. The van der Waals surface area contributed by atoms with Crippen LogP contribution in [0, 0.1) is 0 Å². The maximum atomic E-state index is 12.9. The third-order valence-electron chi connectivity index (χ3n) is 4.34. The molecule has 0 aromatic heterocycles. The van der Waals surface area contributed by atoms with Crippen molar-refractivity contribution in [3.05, 3.63) is 70.3 Å². The van der Waals surface area contributed by atoms with E-state index in [0.717, 1.165) is 29.5 Å². The maximum absolute atomic E-state index is 12.9. The molecule has 3 rings (SSSR count). The van der Waals surface area contributed by atoms with Gasteiger partial charge >= 0.3 is 0 Å². The second-order valence-electron chi connectivity index (χ2n) is 6.96. The zero-order valence-electron chi connectivity index (χ0n) is 13.1. The standard InChI is InChI=1S/C20H22O/c1-20(2,3)18-10-5-4-9-17(18)19(21)16-12-11-14-7-6-8-15(14)13-16/h4-5,9-13H,6-8H2,1-3H3. The molecule has 0 spiro atoms. The van der Waals surface area contributed by atoms with Crippen molar-refractivity contribution < 1.29 is 4.79 Å². The zero-order valence-corrected chi connectivity index (χ0v) is 13.1. The van der Waals surface area contributed by atoms with Gasteiger partial charge in [0.2, 0.25) is 0 Å². The number of hydrogen-bond acceptors (Lipinski definition) is 1. The van der Waals surface area contributed by atoms with E-state index in [2.05, 4.69) is 39.0 Å². The number of aryl methyl sites for hydroxylation is 2. The molecule has 1 aliphatic carbocycles. The quantitative estimate of drug-likeness (QED) is 0.727. The number of carbonyl (C=O) groups is 1. The Kier molecular flexibility index (Phi) is 3.44. The molecule has 108 valence electrons. The molecule has 0 saturated carbocycles. The molecular formula is C20H22O. The van der Waals surface area contributed by atoms with E-state index >= 15 is 0 Å². The minimum absolute atomic E-state index is 0.0248. The van der Waals surface area contributed by atoms with Crippen LogP contribution in [0.4, 0.5) is 0 Å². The van der Waals surface area contributed by atoms with Crippen molar-refractivity contribution in [3.8, 4) is 0 Å². The number of rotatable bonds is 2. The topological polar surface area (TPSA) is 17.1 Å². The van der Waals surface area contributed by atoms with Crippen molar-refractivity contribution in [3.63, 3.8) is 0 Å². The van der Waals surface area contributed by atoms with E-state index in [1.165, 1.54) is 17.5 Å². The Balaban J connectivity index is 2.03. The second-order valence-corrected chi connectivity index (χ2v) is 6.96. The summed E-state index contributed by atoms with van der Waals surface area (Å²) in [6.07, 6.45) is 3.48. The number of hydrogen-bond donors (Lipinski definition) is 0. The normalized spacial score (nSPS) is 14.0. The third kappa shape index (κ3) is 2.65. The minimum atomic E-state index is -0.0248. The number of benzene rings is 2. The van der Waals surface area contributed by atoms with Crippen molar-refractivity contribution in [1.82, 2.24) is 0 Å². The highest BCUT2D eigenvalue weighted by atomic mass is 16.1. The van der Waals surface area contributed by atoms with Crippen LogP contribution < -0.4 is 0 Å². The van der Waals surface area contributed by atoms with E-state index in [0.29, 0.717) is 0 Å². The van der Waals surface area contributed by atoms with Crippen LogP contribution in [-0.2, 0) is 18.3 Å². The van der Waals surface area contributed by atoms with Crippen molar-refractivity contribution in [1.29, 1.82) is 0 Å². The maximum Gasteiger partial charge on any atom is 0.193 e. The zero-order chi connectivity index (χ0) is 15.0. The molecule has 0 saturated heterocycles. The summed E-state index contributed by atoms with van der Waals surface area (Å²) in [5.74, 6) is 0.148. The van der Waals surface area contributed by atoms with Crippen LogP contribution in [0.1, 0.15) is 59.8 Å². The van der Waals surface area contributed by atoms with E-state index in [9.17, 15) is 4.79 Å². The van der Waals surface area contributed by atoms with Gasteiger partial charge in [-0.25, -0.2) is 0 Å². The molecule has 0 atom stereocenters. The van der Waals surface area contributed by atoms with Crippen LogP contribution in [0.3, 0.4) is 0 Å². The Morgan fingerprint density at radius 1 is 0.952 bits per heavy atom. The molecule has 21 heavy (non-hydrogen) atoms. The van der Waals surface area contributed by atoms with Gasteiger partial charge in [0.05, 0.1) is 0 Å². The Morgan fingerprint density at radius 3 is 2.43 bits per heavy atom. The highest BCUT2D eigenvalue weighted by Gasteiger charge is 2.22. The molecule has 0 amide bonds. The highest BCUT2D eigenvalue weighted by Crippen LogP contribution is 2.29. The van der Waals surface area contributed by atoms with Crippen molar-refractivity contribution in [2.75, 3.05) is 0 Å². The van der Waals surface area contributed by atoms with E-state index in [4.69, 9.17) is 0 Å². The molecule has 0 radical (unpaired) electrons. The van der Waals surface area contributed by atoms with E-state index < -0.39 is 0 Å². The van der Waals surface area contributed by atoms with Gasteiger partial charge in [0.25, 0.3) is 0 Å². The predicted octanol–water partition coefficient (Wildman–Crippen LogP) is 4.70. The smallest absolute Gasteiger partial charge is 0.193 e. The SMILES string of the molecule is CC(C)(C)c1ccccc1C(=O)c1ccc2c(c1)CCC2. The Labute approximate surface area is 127 Å². The molecule has 1 nitrogen and oxygen atoms in total. The highest BCUT2D eigenvalue weighted by molar-refractivity contribution is 6.10. The summed E-state index contributed by atoms with van der Waals surface area (Å²) in [4.78, 5) is 12.9. The van der Waals surface area contributed by atoms with Gasteiger partial charge in [-0.15, -0.1) is 0 Å². The first-order valence-corrected chi connectivity index (χ1v) is 7.73. The summed E-state index contributed by atoms with van der Waals surface area (Å²) < 4.78 is 0. The summed E-state index contributed by atoms with van der Waals surface area (Å²) in [6.45, 7) is 6.46. The lowest BCUT2D eigenvalue weighted by Gasteiger charge is -2.22. The molecule has 2 aromatic carbocycles. The largest absolute Gasteiger partial charge is 0.289 e. The molecular weight excluding hydrogens is 256 g/mol. The Hall–Kier alpha value is -1.89. The van der Waals surface area contributed by atoms with Crippen LogP contribution in [-0.4, -0.2) is 5.78 Å². The summed E-state index contributed by atoms with van der Waals surface area (Å²) in [5.41, 5.74) is 5.53. The van der Waals surface area contributed by atoms with Gasteiger partial charge in [0, 0.05) is 11.1 Å². The number of fused-ring (bicyclic) bond motifs is 1. The summed E-state index contributed by atoms with van der Waals surface area (Å²) >= 11 is 0. The first-order chi connectivity index (χ1) is 9.97. The van der Waals surface area contributed by atoms with Crippen LogP contribution >= 0.6 is 0 Å². The Bertz CT molecular complexity index is 689. The summed E-state index contributed by atoms with van der Waals surface area (Å²) in [6, 6.07) is 14.2. The predicted molar refractivity (Wildman–Crippen MR) is 87.0 cm³/mol.